The van der Waals surface area contributed by atoms with Gasteiger partial charge < -0.3 is 9.84 Å². The fourth-order valence-electron chi connectivity index (χ4n) is 3.05. The van der Waals surface area contributed by atoms with Gasteiger partial charge in [-0.1, -0.05) is 20.8 Å². The van der Waals surface area contributed by atoms with Crippen LogP contribution >= 0.6 is 0 Å². The van der Waals surface area contributed by atoms with E-state index in [1.54, 1.807) is 0 Å². The molecule has 1 rings (SSSR count). The van der Waals surface area contributed by atoms with Crippen molar-refractivity contribution >= 4 is 11.8 Å². The lowest BCUT2D eigenvalue weighted by Crippen LogP contribution is -2.35. The summed E-state index contributed by atoms with van der Waals surface area (Å²) in [4.78, 5) is 24.0. The first-order valence-electron chi connectivity index (χ1n) is 7.25. The van der Waals surface area contributed by atoms with Crippen LogP contribution in [0.25, 0.3) is 0 Å². The van der Waals surface area contributed by atoms with Crippen LogP contribution in [-0.4, -0.2) is 30.1 Å². The molecule has 0 spiro atoms. The molecular weight excluding hydrogens is 244 g/mol. The van der Waals surface area contributed by atoms with Gasteiger partial charge in [-0.3, -0.25) is 9.59 Å². The smallest absolute Gasteiger partial charge is 0.309 e. The molecule has 4 nitrogen and oxygen atoms in total. The van der Waals surface area contributed by atoms with E-state index in [1.807, 2.05) is 20.8 Å². The number of carbonyl (C=O) groups is 2. The fraction of sp³-hybridized carbons (Fsp3) is 0.867. The zero-order valence-corrected chi connectivity index (χ0v) is 12.3. The van der Waals surface area contributed by atoms with Crippen LogP contribution in [-0.2, 0) is 14.3 Å². The SMILES string of the molecule is CCC(=O)C1CCC(C(=O)OCCCCO)C1(C)C. The summed E-state index contributed by atoms with van der Waals surface area (Å²) in [6.45, 7) is 6.35. The second kappa shape index (κ2) is 7.04. The van der Waals surface area contributed by atoms with Gasteiger partial charge in [-0.15, -0.1) is 0 Å². The van der Waals surface area contributed by atoms with Crippen molar-refractivity contribution in [3.05, 3.63) is 0 Å². The molecule has 110 valence electrons. The van der Waals surface area contributed by atoms with Gasteiger partial charge in [0.05, 0.1) is 12.5 Å². The van der Waals surface area contributed by atoms with E-state index in [0.29, 0.717) is 25.9 Å². The summed E-state index contributed by atoms with van der Waals surface area (Å²) in [5, 5.41) is 8.67. The van der Waals surface area contributed by atoms with E-state index in [9.17, 15) is 9.59 Å². The first kappa shape index (κ1) is 16.2. The molecule has 0 amide bonds. The number of carbonyl (C=O) groups excluding carboxylic acids is 2. The molecule has 0 aliphatic heterocycles. The van der Waals surface area contributed by atoms with Crippen molar-refractivity contribution in [2.75, 3.05) is 13.2 Å². The van der Waals surface area contributed by atoms with E-state index in [0.717, 1.165) is 12.8 Å². The minimum atomic E-state index is -0.304. The molecule has 4 heteroatoms. The summed E-state index contributed by atoms with van der Waals surface area (Å²) < 4.78 is 5.26. The van der Waals surface area contributed by atoms with Crippen molar-refractivity contribution in [3.63, 3.8) is 0 Å². The molecule has 1 saturated carbocycles. The molecule has 0 aromatic heterocycles. The highest BCUT2D eigenvalue weighted by molar-refractivity contribution is 5.84. The lowest BCUT2D eigenvalue weighted by atomic mass is 9.73. The van der Waals surface area contributed by atoms with Gasteiger partial charge in [0, 0.05) is 18.9 Å². The van der Waals surface area contributed by atoms with E-state index >= 15 is 0 Å². The number of ketones is 1. The maximum Gasteiger partial charge on any atom is 0.309 e. The predicted molar refractivity (Wildman–Crippen MR) is 72.6 cm³/mol. The highest BCUT2D eigenvalue weighted by atomic mass is 16.5. The van der Waals surface area contributed by atoms with Crippen molar-refractivity contribution in [3.8, 4) is 0 Å². The Bertz CT molecular complexity index is 322. The zero-order chi connectivity index (χ0) is 14.5. The maximum atomic E-state index is 12.1. The monoisotopic (exact) mass is 270 g/mol. The van der Waals surface area contributed by atoms with Gasteiger partial charge in [-0.2, -0.15) is 0 Å². The summed E-state index contributed by atoms with van der Waals surface area (Å²) in [5.74, 6) is -0.135. The molecule has 0 radical (unpaired) electrons. The topological polar surface area (TPSA) is 63.6 Å². The molecule has 1 aliphatic carbocycles. The molecule has 1 aliphatic rings. The normalized spacial score (nSPS) is 25.3. The van der Waals surface area contributed by atoms with Crippen LogP contribution in [0.3, 0.4) is 0 Å². The number of aliphatic hydroxyl groups is 1. The lowest BCUT2D eigenvalue weighted by molar-refractivity contribution is -0.152. The van der Waals surface area contributed by atoms with Crippen LogP contribution in [0.2, 0.25) is 0 Å². The van der Waals surface area contributed by atoms with Gasteiger partial charge in [0.25, 0.3) is 0 Å². The average molecular weight is 270 g/mol. The minimum absolute atomic E-state index is 0.0208. The number of unbranched alkanes of at least 4 members (excludes halogenated alkanes) is 1. The second-order valence-electron chi connectivity index (χ2n) is 5.92. The van der Waals surface area contributed by atoms with Crippen molar-refractivity contribution in [1.82, 2.24) is 0 Å². The van der Waals surface area contributed by atoms with Gasteiger partial charge >= 0.3 is 5.97 Å². The van der Waals surface area contributed by atoms with E-state index in [4.69, 9.17) is 9.84 Å². The molecule has 0 heterocycles. The van der Waals surface area contributed by atoms with Gasteiger partial charge in [-0.05, 0) is 31.1 Å². The average Bonchev–Trinajstić information content (AvgIpc) is 2.69. The molecule has 0 saturated heterocycles. The molecule has 0 aromatic carbocycles. The quantitative estimate of drug-likeness (QED) is 0.569. The molecule has 0 bridgehead atoms. The highest BCUT2D eigenvalue weighted by Gasteiger charge is 2.49. The fourth-order valence-corrected chi connectivity index (χ4v) is 3.05. The van der Waals surface area contributed by atoms with Crippen molar-refractivity contribution < 1.29 is 19.4 Å². The van der Waals surface area contributed by atoms with Gasteiger partial charge in [-0.25, -0.2) is 0 Å². The molecule has 19 heavy (non-hydrogen) atoms. The van der Waals surface area contributed by atoms with Crippen molar-refractivity contribution in [2.45, 2.75) is 52.9 Å². The van der Waals surface area contributed by atoms with E-state index < -0.39 is 0 Å². The number of aliphatic hydroxyl groups excluding tert-OH is 1. The Hall–Kier alpha value is -0.900. The Morgan fingerprint density at radius 2 is 1.84 bits per heavy atom. The van der Waals surface area contributed by atoms with Gasteiger partial charge in [0.15, 0.2) is 0 Å². The number of esters is 1. The number of rotatable bonds is 7. The summed E-state index contributed by atoms with van der Waals surface area (Å²) in [6, 6.07) is 0. The molecule has 1 N–H and O–H groups in total. The third-order valence-corrected chi connectivity index (χ3v) is 4.36. The van der Waals surface area contributed by atoms with E-state index in [-0.39, 0.29) is 35.6 Å². The predicted octanol–water partition coefficient (Wildman–Crippen LogP) is 2.33. The summed E-state index contributed by atoms with van der Waals surface area (Å²) in [7, 11) is 0. The second-order valence-corrected chi connectivity index (χ2v) is 5.92. The van der Waals surface area contributed by atoms with Gasteiger partial charge in [0.2, 0.25) is 0 Å². The Balaban J connectivity index is 2.55. The third kappa shape index (κ3) is 3.78. The minimum Gasteiger partial charge on any atom is -0.465 e. The van der Waals surface area contributed by atoms with Crippen LogP contribution in [0, 0.1) is 17.3 Å². The van der Waals surface area contributed by atoms with Crippen molar-refractivity contribution in [2.24, 2.45) is 17.3 Å². The Morgan fingerprint density at radius 3 is 2.42 bits per heavy atom. The maximum absolute atomic E-state index is 12.1. The largest absolute Gasteiger partial charge is 0.465 e. The molecular formula is C15H26O4. The van der Waals surface area contributed by atoms with Gasteiger partial charge in [0.1, 0.15) is 5.78 Å². The molecule has 2 unspecified atom stereocenters. The molecule has 0 aromatic rings. The number of ether oxygens (including phenoxy) is 1. The van der Waals surface area contributed by atoms with Crippen LogP contribution in [0.4, 0.5) is 0 Å². The Kier molecular flexibility index (Phi) is 5.98. The summed E-state index contributed by atoms with van der Waals surface area (Å²) in [5.41, 5.74) is -0.304. The number of Topliss-reactive ketones (excluding diaryl/α,β-unsaturated/α-hetero) is 1. The van der Waals surface area contributed by atoms with Crippen LogP contribution in [0.5, 0.6) is 0 Å². The highest BCUT2D eigenvalue weighted by Crippen LogP contribution is 2.48. The lowest BCUT2D eigenvalue weighted by Gasteiger charge is -2.30. The Labute approximate surface area is 115 Å². The van der Waals surface area contributed by atoms with E-state index in [2.05, 4.69) is 0 Å². The van der Waals surface area contributed by atoms with Crippen LogP contribution in [0.1, 0.15) is 52.9 Å². The molecule has 1 fully saturated rings. The summed E-state index contributed by atoms with van der Waals surface area (Å²) in [6.07, 6.45) is 3.40. The first-order valence-corrected chi connectivity index (χ1v) is 7.25. The van der Waals surface area contributed by atoms with Crippen molar-refractivity contribution in [1.29, 1.82) is 0 Å². The third-order valence-electron chi connectivity index (χ3n) is 4.36. The van der Waals surface area contributed by atoms with Crippen LogP contribution < -0.4 is 0 Å². The molecule has 2 atom stereocenters. The zero-order valence-electron chi connectivity index (χ0n) is 12.3. The standard InChI is InChI=1S/C15H26O4/c1-4-13(17)11-7-8-12(15(11,2)3)14(18)19-10-6-5-9-16/h11-12,16H,4-10H2,1-3H3. The summed E-state index contributed by atoms with van der Waals surface area (Å²) >= 11 is 0. The Morgan fingerprint density at radius 1 is 1.21 bits per heavy atom. The first-order chi connectivity index (χ1) is 8.95. The number of hydrogen-bond donors (Lipinski definition) is 1. The van der Waals surface area contributed by atoms with E-state index in [1.165, 1.54) is 0 Å². The van der Waals surface area contributed by atoms with Crippen LogP contribution in [0.15, 0.2) is 0 Å². The number of hydrogen-bond acceptors (Lipinski definition) is 4.